The largest absolute Gasteiger partial charge is 0.419 e. The highest BCUT2D eigenvalue weighted by Crippen LogP contribution is 2.17. The van der Waals surface area contributed by atoms with Crippen LogP contribution in [0.25, 0.3) is 5.65 Å². The Kier molecular flexibility index (Phi) is 2.59. The van der Waals surface area contributed by atoms with Crippen LogP contribution in [0.2, 0.25) is 0 Å². The smallest absolute Gasteiger partial charge is 0.239 e. The summed E-state index contributed by atoms with van der Waals surface area (Å²) >= 11 is 0. The molecule has 3 aromatic rings. The highest BCUT2D eigenvalue weighted by molar-refractivity contribution is 5.35. The first kappa shape index (κ1) is 11.5. The van der Waals surface area contributed by atoms with Gasteiger partial charge in [0.15, 0.2) is 5.65 Å². The molecule has 0 aliphatic carbocycles. The van der Waals surface area contributed by atoms with Gasteiger partial charge >= 0.3 is 0 Å². The molecule has 19 heavy (non-hydrogen) atoms. The van der Waals surface area contributed by atoms with Crippen molar-refractivity contribution in [3.05, 3.63) is 35.8 Å². The highest BCUT2D eigenvalue weighted by atomic mass is 16.5. The summed E-state index contributed by atoms with van der Waals surface area (Å²) in [4.78, 5) is 16.8. The zero-order chi connectivity index (χ0) is 13.4. The quantitative estimate of drug-likeness (QED) is 0.693. The van der Waals surface area contributed by atoms with Crippen molar-refractivity contribution in [2.45, 2.75) is 20.8 Å². The molecular weight excluding hydrogens is 244 g/mol. The van der Waals surface area contributed by atoms with Gasteiger partial charge in [0.25, 0.3) is 0 Å². The number of ether oxygens (including phenoxy) is 1. The summed E-state index contributed by atoms with van der Waals surface area (Å²) in [5.41, 5.74) is 1.53. The summed E-state index contributed by atoms with van der Waals surface area (Å²) in [5, 5.41) is 4.20. The minimum Gasteiger partial charge on any atom is -0.419 e. The number of rotatable bonds is 2. The van der Waals surface area contributed by atoms with Gasteiger partial charge in [-0.25, -0.2) is 19.5 Å². The molecule has 7 nitrogen and oxygen atoms in total. The van der Waals surface area contributed by atoms with Crippen molar-refractivity contribution in [2.24, 2.45) is 0 Å². The fraction of sp³-hybridized carbons (Fsp3) is 0.250. The van der Waals surface area contributed by atoms with Gasteiger partial charge in [0.2, 0.25) is 11.8 Å². The van der Waals surface area contributed by atoms with Crippen LogP contribution in [-0.4, -0.2) is 29.5 Å². The van der Waals surface area contributed by atoms with Gasteiger partial charge < -0.3 is 4.74 Å². The van der Waals surface area contributed by atoms with Gasteiger partial charge in [-0.05, 0) is 20.8 Å². The molecule has 0 amide bonds. The summed E-state index contributed by atoms with van der Waals surface area (Å²) in [6.45, 7) is 5.53. The van der Waals surface area contributed by atoms with Crippen LogP contribution in [0.4, 0.5) is 0 Å². The third-order valence-electron chi connectivity index (χ3n) is 2.46. The number of aryl methyl sites for hydroxylation is 3. The molecule has 3 aromatic heterocycles. The fourth-order valence-electron chi connectivity index (χ4n) is 1.78. The summed E-state index contributed by atoms with van der Waals surface area (Å²) in [6, 6.07) is 1.76. The van der Waals surface area contributed by atoms with Crippen LogP contribution < -0.4 is 4.74 Å². The van der Waals surface area contributed by atoms with Gasteiger partial charge in [0.05, 0.1) is 12.4 Å². The standard InChI is InChI=1S/C12H12N6O/c1-7-4-11(16-8(2)14-7)19-12-6-18-10(5-13-12)15-9(3)17-18/h4-6H,1-3H3. The van der Waals surface area contributed by atoms with E-state index in [0.29, 0.717) is 29.1 Å². The molecule has 0 fully saturated rings. The lowest BCUT2D eigenvalue weighted by Crippen LogP contribution is -1.98. The minimum absolute atomic E-state index is 0.412. The minimum atomic E-state index is 0.412. The van der Waals surface area contributed by atoms with Crippen LogP contribution in [0.15, 0.2) is 18.5 Å². The van der Waals surface area contributed by atoms with Gasteiger partial charge in [-0.1, -0.05) is 0 Å². The highest BCUT2D eigenvalue weighted by Gasteiger charge is 2.06. The molecule has 0 atom stereocenters. The van der Waals surface area contributed by atoms with E-state index in [1.807, 2.05) is 20.8 Å². The maximum Gasteiger partial charge on any atom is 0.239 e. The molecule has 0 radical (unpaired) electrons. The van der Waals surface area contributed by atoms with Crippen molar-refractivity contribution in [1.29, 1.82) is 0 Å². The number of nitrogens with zero attached hydrogens (tertiary/aromatic N) is 6. The Morgan fingerprint density at radius 2 is 1.84 bits per heavy atom. The van der Waals surface area contributed by atoms with E-state index >= 15 is 0 Å². The maximum atomic E-state index is 5.61. The summed E-state index contributed by atoms with van der Waals surface area (Å²) in [6.07, 6.45) is 3.28. The normalized spacial score (nSPS) is 10.9. The number of hydrogen-bond donors (Lipinski definition) is 0. The zero-order valence-electron chi connectivity index (χ0n) is 10.8. The van der Waals surface area contributed by atoms with Crippen LogP contribution in [0.5, 0.6) is 11.8 Å². The Labute approximate surface area is 109 Å². The van der Waals surface area contributed by atoms with Crippen LogP contribution in [0.3, 0.4) is 0 Å². The maximum absolute atomic E-state index is 5.61. The Bertz CT molecular complexity index is 731. The number of fused-ring (bicyclic) bond motifs is 1. The van der Waals surface area contributed by atoms with E-state index in [0.717, 1.165) is 5.69 Å². The van der Waals surface area contributed by atoms with Crippen LogP contribution in [0.1, 0.15) is 17.3 Å². The topological polar surface area (TPSA) is 78.1 Å². The van der Waals surface area contributed by atoms with E-state index in [-0.39, 0.29) is 0 Å². The van der Waals surface area contributed by atoms with Gasteiger partial charge in [-0.2, -0.15) is 10.1 Å². The van der Waals surface area contributed by atoms with Crippen LogP contribution >= 0.6 is 0 Å². The molecule has 0 bridgehead atoms. The molecule has 0 aliphatic heterocycles. The molecule has 0 spiro atoms. The fourth-order valence-corrected chi connectivity index (χ4v) is 1.78. The van der Waals surface area contributed by atoms with E-state index in [1.54, 1.807) is 23.0 Å². The number of hydrogen-bond acceptors (Lipinski definition) is 6. The zero-order valence-corrected chi connectivity index (χ0v) is 10.8. The Hall–Kier alpha value is -2.57. The molecule has 3 heterocycles. The van der Waals surface area contributed by atoms with Crippen LogP contribution in [-0.2, 0) is 0 Å². The number of aromatic nitrogens is 6. The molecular formula is C12H12N6O. The van der Waals surface area contributed by atoms with E-state index in [2.05, 4.69) is 25.0 Å². The second-order valence-electron chi connectivity index (χ2n) is 4.18. The average Bonchev–Trinajstić information content (AvgIpc) is 2.67. The first-order valence-electron chi connectivity index (χ1n) is 5.79. The van der Waals surface area contributed by atoms with Crippen molar-refractivity contribution in [3.8, 4) is 11.8 Å². The van der Waals surface area contributed by atoms with E-state index in [9.17, 15) is 0 Å². The molecule has 3 rings (SSSR count). The Morgan fingerprint density at radius 3 is 2.63 bits per heavy atom. The first-order chi connectivity index (χ1) is 9.10. The van der Waals surface area contributed by atoms with Crippen molar-refractivity contribution >= 4 is 5.65 Å². The third-order valence-corrected chi connectivity index (χ3v) is 2.46. The molecule has 0 unspecified atom stereocenters. The molecule has 96 valence electrons. The lowest BCUT2D eigenvalue weighted by molar-refractivity contribution is 0.437. The Balaban J connectivity index is 1.95. The SMILES string of the molecule is Cc1cc(Oc2cn3nc(C)nc3cn2)nc(C)n1. The van der Waals surface area contributed by atoms with E-state index in [1.165, 1.54) is 0 Å². The lowest BCUT2D eigenvalue weighted by atomic mass is 10.4. The summed E-state index contributed by atoms with van der Waals surface area (Å²) in [7, 11) is 0. The van der Waals surface area contributed by atoms with Crippen molar-refractivity contribution < 1.29 is 4.74 Å². The Morgan fingerprint density at radius 1 is 1.00 bits per heavy atom. The van der Waals surface area contributed by atoms with Gasteiger partial charge in [-0.3, -0.25) is 0 Å². The second kappa shape index (κ2) is 4.27. The summed E-state index contributed by atoms with van der Waals surface area (Å²) in [5.74, 6) is 2.23. The van der Waals surface area contributed by atoms with Crippen LogP contribution in [0, 0.1) is 20.8 Å². The molecule has 7 heteroatoms. The molecule has 0 aliphatic rings. The third kappa shape index (κ3) is 2.35. The van der Waals surface area contributed by atoms with E-state index in [4.69, 9.17) is 4.74 Å². The van der Waals surface area contributed by atoms with Crippen molar-refractivity contribution in [3.63, 3.8) is 0 Å². The van der Waals surface area contributed by atoms with Gasteiger partial charge in [0.1, 0.15) is 11.6 Å². The van der Waals surface area contributed by atoms with Crippen molar-refractivity contribution in [2.75, 3.05) is 0 Å². The van der Waals surface area contributed by atoms with Gasteiger partial charge in [0, 0.05) is 11.8 Å². The monoisotopic (exact) mass is 256 g/mol. The van der Waals surface area contributed by atoms with Gasteiger partial charge in [-0.15, -0.1) is 0 Å². The lowest BCUT2D eigenvalue weighted by Gasteiger charge is -2.05. The molecule has 0 saturated carbocycles. The molecule has 0 aromatic carbocycles. The second-order valence-corrected chi connectivity index (χ2v) is 4.18. The van der Waals surface area contributed by atoms with Crippen molar-refractivity contribution in [1.82, 2.24) is 29.5 Å². The average molecular weight is 256 g/mol. The molecule has 0 saturated heterocycles. The first-order valence-corrected chi connectivity index (χ1v) is 5.79. The summed E-state index contributed by atoms with van der Waals surface area (Å²) < 4.78 is 7.23. The predicted molar refractivity (Wildman–Crippen MR) is 67.1 cm³/mol. The predicted octanol–water partition coefficient (Wildman–Crippen LogP) is 1.63. The van der Waals surface area contributed by atoms with E-state index < -0.39 is 0 Å². The molecule has 0 N–H and O–H groups in total.